The molecule has 0 aromatic heterocycles. The number of amides is 1. The quantitative estimate of drug-likeness (QED) is 0.693. The van der Waals surface area contributed by atoms with Gasteiger partial charge in [-0.25, -0.2) is 4.79 Å². The molecule has 0 unspecified atom stereocenters. The summed E-state index contributed by atoms with van der Waals surface area (Å²) in [6, 6.07) is 0.743. The van der Waals surface area contributed by atoms with Gasteiger partial charge < -0.3 is 9.64 Å². The topological polar surface area (TPSA) is 29.5 Å². The van der Waals surface area contributed by atoms with Crippen molar-refractivity contribution in [1.29, 1.82) is 0 Å². The van der Waals surface area contributed by atoms with Gasteiger partial charge in [0.15, 0.2) is 0 Å². The number of hydrogen-bond acceptors (Lipinski definition) is 2. The Balaban J connectivity index is 2.08. The summed E-state index contributed by atoms with van der Waals surface area (Å²) in [5.41, 5.74) is -0.398. The van der Waals surface area contributed by atoms with Gasteiger partial charge in [0.2, 0.25) is 0 Å². The average molecular weight is 304 g/mol. The molecule has 0 aromatic carbocycles. The van der Waals surface area contributed by atoms with E-state index in [4.69, 9.17) is 4.74 Å². The van der Waals surface area contributed by atoms with Crippen LogP contribution in [0.25, 0.3) is 0 Å². The van der Waals surface area contributed by atoms with Crippen LogP contribution in [0.2, 0.25) is 0 Å². The first kappa shape index (κ1) is 13.2. The summed E-state index contributed by atoms with van der Waals surface area (Å²) in [6.07, 6.45) is 4.68. The van der Waals surface area contributed by atoms with Crippen molar-refractivity contribution in [2.45, 2.75) is 64.1 Å². The van der Waals surface area contributed by atoms with Crippen LogP contribution in [0.3, 0.4) is 0 Å². The van der Waals surface area contributed by atoms with Gasteiger partial charge in [-0.3, -0.25) is 0 Å². The molecule has 1 aliphatic heterocycles. The fourth-order valence-electron chi connectivity index (χ4n) is 3.13. The molecule has 98 valence electrons. The highest BCUT2D eigenvalue weighted by Gasteiger charge is 2.46. The molecule has 1 amide bonds. The molecule has 0 spiro atoms. The van der Waals surface area contributed by atoms with E-state index in [0.717, 1.165) is 18.2 Å². The third-order valence-corrected chi connectivity index (χ3v) is 4.47. The van der Waals surface area contributed by atoms with Gasteiger partial charge >= 0.3 is 6.09 Å². The largest absolute Gasteiger partial charge is 0.444 e. The van der Waals surface area contributed by atoms with E-state index in [1.807, 2.05) is 25.7 Å². The van der Waals surface area contributed by atoms with Crippen molar-refractivity contribution in [3.05, 3.63) is 0 Å². The maximum Gasteiger partial charge on any atom is 0.410 e. The predicted molar refractivity (Wildman–Crippen MR) is 71.4 cm³/mol. The van der Waals surface area contributed by atoms with Gasteiger partial charge in [-0.2, -0.15) is 0 Å². The highest BCUT2D eigenvalue weighted by atomic mass is 79.9. The Labute approximate surface area is 112 Å². The van der Waals surface area contributed by atoms with Gasteiger partial charge in [0.25, 0.3) is 0 Å². The molecule has 3 nitrogen and oxygen atoms in total. The molecule has 4 heteroatoms. The zero-order valence-corrected chi connectivity index (χ0v) is 12.5. The second kappa shape index (κ2) is 4.79. The zero-order valence-electron chi connectivity index (χ0n) is 10.9. The van der Waals surface area contributed by atoms with Gasteiger partial charge in [-0.1, -0.05) is 22.4 Å². The molecule has 0 aromatic rings. The van der Waals surface area contributed by atoms with Gasteiger partial charge in [0, 0.05) is 17.4 Å². The molecule has 0 N–H and O–H groups in total. The van der Waals surface area contributed by atoms with Gasteiger partial charge in [-0.05, 0) is 46.0 Å². The summed E-state index contributed by atoms with van der Waals surface area (Å²) in [5, 5.41) is 0.860. The Morgan fingerprint density at radius 3 is 2.71 bits per heavy atom. The zero-order chi connectivity index (χ0) is 12.6. The van der Waals surface area contributed by atoms with Crippen LogP contribution in [0.5, 0.6) is 0 Å². The van der Waals surface area contributed by atoms with Crippen LogP contribution in [0, 0.1) is 5.92 Å². The highest BCUT2D eigenvalue weighted by Crippen LogP contribution is 2.42. The molecule has 2 aliphatic rings. The molecular formula is C13H22BrNO2. The lowest BCUT2D eigenvalue weighted by Gasteiger charge is -2.31. The number of carbonyl (C=O) groups excluding carboxylic acids is 1. The number of rotatable bonds is 1. The van der Waals surface area contributed by atoms with E-state index >= 15 is 0 Å². The number of likely N-dealkylation sites (tertiary alicyclic amines) is 1. The van der Waals surface area contributed by atoms with Crippen molar-refractivity contribution in [3.63, 3.8) is 0 Å². The summed E-state index contributed by atoms with van der Waals surface area (Å²) in [7, 11) is 0. The van der Waals surface area contributed by atoms with Crippen LogP contribution in [0.4, 0.5) is 4.79 Å². The lowest BCUT2D eigenvalue weighted by atomic mass is 10.0. The smallest absolute Gasteiger partial charge is 0.410 e. The average Bonchev–Trinajstić information content (AvgIpc) is 2.71. The van der Waals surface area contributed by atoms with Crippen molar-refractivity contribution in [1.82, 2.24) is 4.90 Å². The predicted octanol–water partition coefficient (Wildman–Crippen LogP) is 3.56. The molecule has 2 fully saturated rings. The second-order valence-corrected chi connectivity index (χ2v) is 6.84. The van der Waals surface area contributed by atoms with Crippen LogP contribution < -0.4 is 0 Å². The number of carbonyl (C=O) groups is 1. The number of halogens is 1. The Kier molecular flexibility index (Phi) is 3.71. The molecule has 3 atom stereocenters. The van der Waals surface area contributed by atoms with E-state index in [0.29, 0.717) is 18.0 Å². The Morgan fingerprint density at radius 2 is 2.12 bits per heavy atom. The summed E-state index contributed by atoms with van der Waals surface area (Å²) in [5.74, 6) is 0.699. The minimum atomic E-state index is -0.398. The van der Waals surface area contributed by atoms with Crippen molar-refractivity contribution >= 4 is 22.0 Å². The first-order valence-corrected chi connectivity index (χ1v) is 7.62. The molecule has 0 radical (unpaired) electrons. The lowest BCUT2D eigenvalue weighted by Crippen LogP contribution is -2.44. The molecule has 1 saturated carbocycles. The standard InChI is InChI=1S/C13H22BrNO2/c1-13(2,3)17-12(16)15-10(8-14)7-9-5-4-6-11(9)15/h9-11H,4-8H2,1-3H3/t9-,10-,11-/m0/s1. The first-order chi connectivity index (χ1) is 7.92. The fraction of sp³-hybridized carbons (Fsp3) is 0.923. The molecule has 2 rings (SSSR count). The van der Waals surface area contributed by atoms with Gasteiger partial charge in [0.05, 0.1) is 0 Å². The summed E-state index contributed by atoms with van der Waals surface area (Å²) < 4.78 is 5.53. The Hall–Kier alpha value is -0.250. The lowest BCUT2D eigenvalue weighted by molar-refractivity contribution is 0.0158. The fourth-order valence-corrected chi connectivity index (χ4v) is 3.70. The Bertz CT molecular complexity index is 300. The molecule has 1 saturated heterocycles. The summed E-state index contributed by atoms with van der Waals surface area (Å²) >= 11 is 3.52. The number of fused-ring (bicyclic) bond motifs is 1. The van der Waals surface area contributed by atoms with E-state index in [-0.39, 0.29) is 6.09 Å². The minimum Gasteiger partial charge on any atom is -0.444 e. The molecule has 0 bridgehead atoms. The molecule has 17 heavy (non-hydrogen) atoms. The number of hydrogen-bond donors (Lipinski definition) is 0. The SMILES string of the molecule is CC(C)(C)OC(=O)N1[C@H](CBr)C[C@@H]2CCC[C@@H]21. The van der Waals surface area contributed by atoms with Crippen LogP contribution in [0.1, 0.15) is 46.5 Å². The second-order valence-electron chi connectivity index (χ2n) is 6.19. The number of ether oxygens (including phenoxy) is 1. The normalized spacial score (nSPS) is 32.7. The van der Waals surface area contributed by atoms with Crippen LogP contribution >= 0.6 is 15.9 Å². The van der Waals surface area contributed by atoms with Crippen molar-refractivity contribution in [2.75, 3.05) is 5.33 Å². The third-order valence-electron chi connectivity index (χ3n) is 3.73. The van der Waals surface area contributed by atoms with Gasteiger partial charge in [-0.15, -0.1) is 0 Å². The number of nitrogens with zero attached hydrogens (tertiary/aromatic N) is 1. The minimum absolute atomic E-state index is 0.128. The monoisotopic (exact) mass is 303 g/mol. The van der Waals surface area contributed by atoms with Gasteiger partial charge in [0.1, 0.15) is 5.60 Å². The highest BCUT2D eigenvalue weighted by molar-refractivity contribution is 9.09. The van der Waals surface area contributed by atoms with Crippen LogP contribution in [0.15, 0.2) is 0 Å². The van der Waals surface area contributed by atoms with E-state index in [1.165, 1.54) is 12.8 Å². The maximum atomic E-state index is 12.3. The van der Waals surface area contributed by atoms with Crippen molar-refractivity contribution in [3.8, 4) is 0 Å². The summed E-state index contributed by atoms with van der Waals surface area (Å²) in [4.78, 5) is 14.3. The van der Waals surface area contributed by atoms with E-state index in [9.17, 15) is 4.79 Å². The molecule has 1 heterocycles. The van der Waals surface area contributed by atoms with E-state index in [2.05, 4.69) is 15.9 Å². The number of alkyl halides is 1. The van der Waals surface area contributed by atoms with Crippen molar-refractivity contribution in [2.24, 2.45) is 5.92 Å². The summed E-state index contributed by atoms with van der Waals surface area (Å²) in [6.45, 7) is 5.78. The third kappa shape index (κ3) is 2.78. The van der Waals surface area contributed by atoms with Crippen LogP contribution in [-0.4, -0.2) is 34.0 Å². The van der Waals surface area contributed by atoms with Crippen LogP contribution in [-0.2, 0) is 4.74 Å². The maximum absolute atomic E-state index is 12.3. The Morgan fingerprint density at radius 1 is 1.41 bits per heavy atom. The van der Waals surface area contributed by atoms with E-state index < -0.39 is 5.60 Å². The molecule has 1 aliphatic carbocycles. The molecular weight excluding hydrogens is 282 g/mol. The van der Waals surface area contributed by atoms with E-state index in [1.54, 1.807) is 0 Å². The van der Waals surface area contributed by atoms with Crippen molar-refractivity contribution < 1.29 is 9.53 Å². The first-order valence-electron chi connectivity index (χ1n) is 6.49.